The molecule has 0 bridgehead atoms. The third-order valence-electron chi connectivity index (χ3n) is 3.51. The van der Waals surface area contributed by atoms with Gasteiger partial charge in [0.25, 0.3) is 0 Å². The molecule has 70 valence electrons. The molecule has 0 aromatic heterocycles. The molecule has 1 saturated heterocycles. The molecule has 0 aromatic rings. The summed E-state index contributed by atoms with van der Waals surface area (Å²) in [6, 6.07) is 0. The first-order valence-corrected chi connectivity index (χ1v) is 6.17. The Morgan fingerprint density at radius 1 is 1.17 bits per heavy atom. The summed E-state index contributed by atoms with van der Waals surface area (Å²) in [5.41, 5.74) is 0.824. The van der Waals surface area contributed by atoms with E-state index in [0.717, 1.165) is 5.41 Å². The van der Waals surface area contributed by atoms with E-state index in [-0.39, 0.29) is 0 Å². The van der Waals surface area contributed by atoms with Crippen LogP contribution in [0.1, 0.15) is 39.0 Å². The Labute approximate surface area is 80.0 Å². The molecule has 1 aliphatic heterocycles. The van der Waals surface area contributed by atoms with Gasteiger partial charge in [-0.15, -0.1) is 0 Å². The topological polar surface area (TPSA) is 3.24 Å². The number of hydrogen-bond acceptors (Lipinski definition) is 2. The van der Waals surface area contributed by atoms with Crippen LogP contribution in [0.5, 0.6) is 0 Å². The molecule has 1 nitrogen and oxygen atoms in total. The van der Waals surface area contributed by atoms with E-state index in [1.165, 1.54) is 50.9 Å². The van der Waals surface area contributed by atoms with Crippen molar-refractivity contribution in [3.63, 3.8) is 0 Å². The summed E-state index contributed by atoms with van der Waals surface area (Å²) >= 11 is 2.02. The quantitative estimate of drug-likeness (QED) is 0.609. The van der Waals surface area contributed by atoms with Crippen molar-refractivity contribution in [1.29, 1.82) is 0 Å². The summed E-state index contributed by atoms with van der Waals surface area (Å²) in [6.45, 7) is 4.94. The van der Waals surface area contributed by atoms with Crippen LogP contribution in [0, 0.1) is 5.41 Å². The first-order valence-electron chi connectivity index (χ1n) is 5.23. The van der Waals surface area contributed by atoms with Crippen molar-refractivity contribution in [2.45, 2.75) is 39.0 Å². The smallest absolute Gasteiger partial charge is 0.00946 e. The molecule has 2 rings (SSSR count). The summed E-state index contributed by atoms with van der Waals surface area (Å²) in [6.07, 6.45) is 7.50. The lowest BCUT2D eigenvalue weighted by Crippen LogP contribution is -2.41. The van der Waals surface area contributed by atoms with Gasteiger partial charge in [0.05, 0.1) is 0 Å². The molecule has 2 fully saturated rings. The summed E-state index contributed by atoms with van der Waals surface area (Å²) in [5, 5.41) is 0. The summed E-state index contributed by atoms with van der Waals surface area (Å²) < 4.78 is 2.56. The van der Waals surface area contributed by atoms with Crippen LogP contribution in [0.15, 0.2) is 0 Å². The minimum Gasteiger partial charge on any atom is -0.251 e. The molecule has 12 heavy (non-hydrogen) atoms. The van der Waals surface area contributed by atoms with Crippen LogP contribution in [0.4, 0.5) is 0 Å². The highest BCUT2D eigenvalue weighted by Gasteiger charge is 2.39. The zero-order chi connectivity index (χ0) is 8.44. The first kappa shape index (κ1) is 8.89. The van der Waals surface area contributed by atoms with Gasteiger partial charge in [-0.25, -0.2) is 0 Å². The summed E-state index contributed by atoms with van der Waals surface area (Å²) in [4.78, 5) is 0. The van der Waals surface area contributed by atoms with E-state index >= 15 is 0 Å². The fourth-order valence-corrected chi connectivity index (χ4v) is 3.25. The molecule has 0 aromatic carbocycles. The third-order valence-corrected chi connectivity index (χ3v) is 4.50. The lowest BCUT2D eigenvalue weighted by atomic mass is 9.63. The molecule has 0 radical (unpaired) electrons. The van der Waals surface area contributed by atoms with Crippen molar-refractivity contribution in [2.75, 3.05) is 18.8 Å². The van der Waals surface area contributed by atoms with Gasteiger partial charge in [0.1, 0.15) is 0 Å². The summed E-state index contributed by atoms with van der Waals surface area (Å²) in [7, 11) is 0. The maximum atomic E-state index is 2.56. The van der Waals surface area contributed by atoms with Gasteiger partial charge in [-0.2, -0.15) is 0 Å². The molecular weight excluding hydrogens is 166 g/mol. The van der Waals surface area contributed by atoms with Gasteiger partial charge in [0.15, 0.2) is 0 Å². The molecule has 1 aliphatic carbocycles. The molecule has 1 heterocycles. The zero-order valence-corrected chi connectivity index (χ0v) is 8.83. The average Bonchev–Trinajstić information content (AvgIpc) is 2.04. The Hall–Kier alpha value is 0.310. The van der Waals surface area contributed by atoms with Gasteiger partial charge in [-0.05, 0) is 31.1 Å². The van der Waals surface area contributed by atoms with Crippen molar-refractivity contribution in [3.8, 4) is 0 Å². The highest BCUT2D eigenvalue weighted by molar-refractivity contribution is 7.96. The Morgan fingerprint density at radius 2 is 1.83 bits per heavy atom. The molecule has 2 aliphatic rings. The SMILES string of the molecule is CCSN1CCC2(CCC2)CC1. The first-order chi connectivity index (χ1) is 5.85. The Morgan fingerprint density at radius 3 is 2.25 bits per heavy atom. The number of nitrogens with zero attached hydrogens (tertiary/aromatic N) is 1. The van der Waals surface area contributed by atoms with E-state index < -0.39 is 0 Å². The van der Waals surface area contributed by atoms with Crippen molar-refractivity contribution in [1.82, 2.24) is 4.31 Å². The van der Waals surface area contributed by atoms with E-state index in [1.54, 1.807) is 0 Å². The van der Waals surface area contributed by atoms with E-state index in [4.69, 9.17) is 0 Å². The largest absolute Gasteiger partial charge is 0.251 e. The zero-order valence-electron chi connectivity index (χ0n) is 8.01. The lowest BCUT2D eigenvalue weighted by Gasteiger charge is -2.47. The molecule has 1 saturated carbocycles. The summed E-state index contributed by atoms with van der Waals surface area (Å²) in [5.74, 6) is 1.24. The number of piperidine rings is 1. The lowest BCUT2D eigenvalue weighted by molar-refractivity contribution is 0.0639. The van der Waals surface area contributed by atoms with E-state index in [9.17, 15) is 0 Å². The van der Waals surface area contributed by atoms with E-state index in [2.05, 4.69) is 11.2 Å². The van der Waals surface area contributed by atoms with Gasteiger partial charge in [0, 0.05) is 18.8 Å². The second-order valence-electron chi connectivity index (χ2n) is 4.20. The Kier molecular flexibility index (Phi) is 2.66. The van der Waals surface area contributed by atoms with Crippen LogP contribution in [0.25, 0.3) is 0 Å². The number of hydrogen-bond donors (Lipinski definition) is 0. The molecule has 0 atom stereocenters. The molecule has 0 N–H and O–H groups in total. The predicted molar refractivity (Wildman–Crippen MR) is 55.2 cm³/mol. The van der Waals surface area contributed by atoms with Crippen LogP contribution >= 0.6 is 11.9 Å². The number of rotatable bonds is 2. The van der Waals surface area contributed by atoms with Gasteiger partial charge in [-0.3, -0.25) is 4.31 Å². The third kappa shape index (κ3) is 1.64. The maximum Gasteiger partial charge on any atom is 0.00946 e. The second kappa shape index (κ2) is 3.59. The molecule has 2 heteroatoms. The highest BCUT2D eigenvalue weighted by atomic mass is 32.2. The van der Waals surface area contributed by atoms with Gasteiger partial charge in [0.2, 0.25) is 0 Å². The Balaban J connectivity index is 1.77. The maximum absolute atomic E-state index is 2.56. The van der Waals surface area contributed by atoms with Crippen molar-refractivity contribution in [3.05, 3.63) is 0 Å². The van der Waals surface area contributed by atoms with Crippen molar-refractivity contribution in [2.24, 2.45) is 5.41 Å². The molecular formula is C10H19NS. The van der Waals surface area contributed by atoms with E-state index in [0.29, 0.717) is 0 Å². The fraction of sp³-hybridized carbons (Fsp3) is 1.00. The van der Waals surface area contributed by atoms with Crippen molar-refractivity contribution >= 4 is 11.9 Å². The van der Waals surface area contributed by atoms with Crippen LogP contribution in [0.2, 0.25) is 0 Å². The van der Waals surface area contributed by atoms with Crippen LogP contribution in [-0.2, 0) is 0 Å². The van der Waals surface area contributed by atoms with Crippen LogP contribution in [-0.4, -0.2) is 23.1 Å². The standard InChI is InChI=1S/C10H19NS/c1-2-12-11-8-6-10(7-9-11)4-3-5-10/h2-9H2,1H3. The van der Waals surface area contributed by atoms with Gasteiger partial charge in [-0.1, -0.05) is 25.3 Å². The minimum absolute atomic E-state index is 0.824. The van der Waals surface area contributed by atoms with Crippen LogP contribution in [0.3, 0.4) is 0 Å². The molecule has 0 unspecified atom stereocenters. The van der Waals surface area contributed by atoms with Crippen molar-refractivity contribution < 1.29 is 0 Å². The molecule has 1 spiro atoms. The van der Waals surface area contributed by atoms with Crippen LogP contribution < -0.4 is 0 Å². The highest BCUT2D eigenvalue weighted by Crippen LogP contribution is 2.49. The minimum atomic E-state index is 0.824. The van der Waals surface area contributed by atoms with Gasteiger partial charge < -0.3 is 0 Å². The molecule has 0 amide bonds. The normalized spacial score (nSPS) is 28.8. The monoisotopic (exact) mass is 185 g/mol. The fourth-order valence-electron chi connectivity index (χ4n) is 2.45. The average molecular weight is 185 g/mol. The van der Waals surface area contributed by atoms with E-state index in [1.807, 2.05) is 11.9 Å². The second-order valence-corrected chi connectivity index (χ2v) is 5.55. The predicted octanol–water partition coefficient (Wildman–Crippen LogP) is 2.92. The van der Waals surface area contributed by atoms with Gasteiger partial charge >= 0.3 is 0 Å². The Bertz CT molecular complexity index is 144.